The lowest BCUT2D eigenvalue weighted by molar-refractivity contribution is 0.0699. The number of aliphatic hydroxyl groups is 1. The number of carboxylic acid groups (broad SMARTS) is 1. The molecule has 1 fully saturated rings. The molecule has 5 nitrogen and oxygen atoms in total. The quantitative estimate of drug-likeness (QED) is 0.881. The first-order valence-corrected chi connectivity index (χ1v) is 6.80. The van der Waals surface area contributed by atoms with Crippen molar-refractivity contribution in [3.8, 4) is 0 Å². The van der Waals surface area contributed by atoms with Crippen LogP contribution in [0, 0.1) is 0 Å². The predicted molar refractivity (Wildman–Crippen MR) is 77.4 cm³/mol. The van der Waals surface area contributed by atoms with E-state index in [0.717, 1.165) is 5.39 Å². The van der Waals surface area contributed by atoms with Gasteiger partial charge in [0.15, 0.2) is 0 Å². The molecule has 0 bridgehead atoms. The van der Waals surface area contributed by atoms with Crippen LogP contribution in [0.15, 0.2) is 36.4 Å². The molecule has 0 spiro atoms. The van der Waals surface area contributed by atoms with E-state index in [1.165, 1.54) is 6.07 Å². The highest BCUT2D eigenvalue weighted by Gasteiger charge is 2.27. The summed E-state index contributed by atoms with van der Waals surface area (Å²) in [6.45, 7) is 0.788. The van der Waals surface area contributed by atoms with Crippen molar-refractivity contribution >= 4 is 22.6 Å². The molecule has 5 heteroatoms. The SMILES string of the molecule is O=C(O)c1cccc2cccc(C(=O)N3CC[C@H](O)C3)c12. The monoisotopic (exact) mass is 285 g/mol. The van der Waals surface area contributed by atoms with Crippen LogP contribution in [-0.2, 0) is 0 Å². The highest BCUT2D eigenvalue weighted by atomic mass is 16.4. The molecule has 3 rings (SSSR count). The molecule has 1 saturated heterocycles. The number of hydrogen-bond donors (Lipinski definition) is 2. The van der Waals surface area contributed by atoms with Crippen LogP contribution in [-0.4, -0.2) is 46.2 Å². The van der Waals surface area contributed by atoms with Crippen LogP contribution >= 0.6 is 0 Å². The molecule has 21 heavy (non-hydrogen) atoms. The fraction of sp³-hybridized carbons (Fsp3) is 0.250. The zero-order valence-electron chi connectivity index (χ0n) is 11.3. The third-order valence-corrected chi connectivity index (χ3v) is 3.82. The van der Waals surface area contributed by atoms with Gasteiger partial charge in [-0.05, 0) is 23.9 Å². The topological polar surface area (TPSA) is 77.8 Å². The molecule has 2 aromatic rings. The van der Waals surface area contributed by atoms with Crippen molar-refractivity contribution in [3.05, 3.63) is 47.5 Å². The van der Waals surface area contributed by atoms with Crippen LogP contribution in [0.4, 0.5) is 0 Å². The Morgan fingerprint density at radius 3 is 2.33 bits per heavy atom. The number of carboxylic acids is 1. The van der Waals surface area contributed by atoms with Crippen LogP contribution < -0.4 is 0 Å². The average molecular weight is 285 g/mol. The van der Waals surface area contributed by atoms with Crippen LogP contribution in [0.25, 0.3) is 10.8 Å². The molecule has 1 heterocycles. The van der Waals surface area contributed by atoms with E-state index in [0.29, 0.717) is 30.5 Å². The minimum Gasteiger partial charge on any atom is -0.478 e. The zero-order valence-corrected chi connectivity index (χ0v) is 11.3. The van der Waals surface area contributed by atoms with E-state index < -0.39 is 12.1 Å². The Bertz CT molecular complexity index is 720. The second-order valence-electron chi connectivity index (χ2n) is 5.21. The van der Waals surface area contributed by atoms with E-state index >= 15 is 0 Å². The molecule has 108 valence electrons. The van der Waals surface area contributed by atoms with E-state index in [1.807, 2.05) is 0 Å². The minimum atomic E-state index is -1.05. The third kappa shape index (κ3) is 2.36. The number of carbonyl (C=O) groups is 2. The number of nitrogens with zero attached hydrogens (tertiary/aromatic N) is 1. The van der Waals surface area contributed by atoms with Gasteiger partial charge >= 0.3 is 5.97 Å². The van der Waals surface area contributed by atoms with Crippen molar-refractivity contribution in [2.24, 2.45) is 0 Å². The fourth-order valence-corrected chi connectivity index (χ4v) is 2.79. The number of amides is 1. The molecular formula is C16H15NO4. The summed E-state index contributed by atoms with van der Waals surface area (Å²) in [6, 6.07) is 10.1. The highest BCUT2D eigenvalue weighted by molar-refractivity contribution is 6.14. The average Bonchev–Trinajstić information content (AvgIpc) is 2.91. The first-order chi connectivity index (χ1) is 10.1. The van der Waals surface area contributed by atoms with Gasteiger partial charge in [-0.15, -0.1) is 0 Å². The summed E-state index contributed by atoms with van der Waals surface area (Å²) in [5.41, 5.74) is 0.496. The molecule has 2 aromatic carbocycles. The summed E-state index contributed by atoms with van der Waals surface area (Å²) in [5.74, 6) is -1.28. The molecule has 0 unspecified atom stereocenters. The van der Waals surface area contributed by atoms with Crippen molar-refractivity contribution in [1.29, 1.82) is 0 Å². The molecular weight excluding hydrogens is 270 g/mol. The first kappa shape index (κ1) is 13.6. The maximum absolute atomic E-state index is 12.6. The van der Waals surface area contributed by atoms with E-state index in [9.17, 15) is 19.8 Å². The van der Waals surface area contributed by atoms with Gasteiger partial charge in [-0.3, -0.25) is 4.79 Å². The molecule has 1 atom stereocenters. The van der Waals surface area contributed by atoms with Crippen molar-refractivity contribution in [3.63, 3.8) is 0 Å². The molecule has 0 aromatic heterocycles. The van der Waals surface area contributed by atoms with Gasteiger partial charge in [-0.1, -0.05) is 24.3 Å². The lowest BCUT2D eigenvalue weighted by Crippen LogP contribution is -2.29. The molecule has 0 saturated carbocycles. The zero-order chi connectivity index (χ0) is 15.0. The molecule has 1 amide bonds. The van der Waals surface area contributed by atoms with Gasteiger partial charge in [0.25, 0.3) is 5.91 Å². The Kier molecular flexibility index (Phi) is 3.35. The van der Waals surface area contributed by atoms with Crippen LogP contribution in [0.3, 0.4) is 0 Å². The second kappa shape index (κ2) is 5.18. The smallest absolute Gasteiger partial charge is 0.336 e. The van der Waals surface area contributed by atoms with E-state index in [4.69, 9.17) is 0 Å². The predicted octanol–water partition coefficient (Wildman–Crippen LogP) is 1.74. The van der Waals surface area contributed by atoms with Gasteiger partial charge in [0.2, 0.25) is 0 Å². The van der Waals surface area contributed by atoms with Crippen LogP contribution in [0.2, 0.25) is 0 Å². The molecule has 2 N–H and O–H groups in total. The highest BCUT2D eigenvalue weighted by Crippen LogP contribution is 2.25. The summed E-state index contributed by atoms with van der Waals surface area (Å²) in [6.07, 6.45) is 0.0605. The Morgan fingerprint density at radius 1 is 1.10 bits per heavy atom. The Balaban J connectivity index is 2.14. The fourth-order valence-electron chi connectivity index (χ4n) is 2.79. The van der Waals surface area contributed by atoms with E-state index in [2.05, 4.69) is 0 Å². The minimum absolute atomic E-state index is 0.121. The Labute approximate surface area is 121 Å². The number of likely N-dealkylation sites (tertiary alicyclic amines) is 1. The van der Waals surface area contributed by atoms with E-state index in [1.54, 1.807) is 35.2 Å². The number of fused-ring (bicyclic) bond motifs is 1. The van der Waals surface area contributed by atoms with Crippen LogP contribution in [0.1, 0.15) is 27.1 Å². The normalized spacial score (nSPS) is 18.1. The lowest BCUT2D eigenvalue weighted by atomic mass is 9.98. The number of aliphatic hydroxyl groups excluding tert-OH is 1. The van der Waals surface area contributed by atoms with Gasteiger partial charge in [0, 0.05) is 24.0 Å². The molecule has 1 aliphatic heterocycles. The summed E-state index contributed by atoms with van der Waals surface area (Å²) in [5, 5.41) is 20.1. The van der Waals surface area contributed by atoms with Gasteiger partial charge < -0.3 is 15.1 Å². The lowest BCUT2D eigenvalue weighted by Gasteiger charge is -2.17. The van der Waals surface area contributed by atoms with E-state index in [-0.39, 0.29) is 11.5 Å². The number of benzene rings is 2. The Hall–Kier alpha value is -2.40. The number of aromatic carboxylic acids is 1. The molecule has 1 aliphatic rings. The summed E-state index contributed by atoms with van der Waals surface area (Å²) in [7, 11) is 0. The summed E-state index contributed by atoms with van der Waals surface area (Å²) >= 11 is 0. The third-order valence-electron chi connectivity index (χ3n) is 3.82. The van der Waals surface area contributed by atoms with Gasteiger partial charge in [0.05, 0.1) is 11.7 Å². The second-order valence-corrected chi connectivity index (χ2v) is 5.21. The van der Waals surface area contributed by atoms with Gasteiger partial charge in [0.1, 0.15) is 0 Å². The molecule has 0 radical (unpaired) electrons. The maximum Gasteiger partial charge on any atom is 0.336 e. The number of β-amino-alcohol motifs (C(OH)–C–C–N with tert-alkyl or cyclic N) is 1. The standard InChI is InChI=1S/C16H15NO4/c18-11-7-8-17(9-11)15(19)12-5-1-3-10-4-2-6-13(14(10)12)16(20)21/h1-6,11,18H,7-9H2,(H,20,21)/t11-/m0/s1. The van der Waals surface area contributed by atoms with Crippen molar-refractivity contribution < 1.29 is 19.8 Å². The van der Waals surface area contributed by atoms with Crippen molar-refractivity contribution in [1.82, 2.24) is 4.90 Å². The van der Waals surface area contributed by atoms with Gasteiger partial charge in [-0.2, -0.15) is 0 Å². The van der Waals surface area contributed by atoms with Crippen molar-refractivity contribution in [2.75, 3.05) is 13.1 Å². The number of rotatable bonds is 2. The first-order valence-electron chi connectivity index (χ1n) is 6.80. The Morgan fingerprint density at radius 2 is 1.76 bits per heavy atom. The van der Waals surface area contributed by atoms with Crippen molar-refractivity contribution in [2.45, 2.75) is 12.5 Å². The van der Waals surface area contributed by atoms with Gasteiger partial charge in [-0.25, -0.2) is 4.79 Å². The van der Waals surface area contributed by atoms with Crippen LogP contribution in [0.5, 0.6) is 0 Å². The number of carbonyl (C=O) groups excluding carboxylic acids is 1. The number of hydrogen-bond acceptors (Lipinski definition) is 3. The largest absolute Gasteiger partial charge is 0.478 e. The summed E-state index contributed by atoms with van der Waals surface area (Å²) in [4.78, 5) is 25.6. The summed E-state index contributed by atoms with van der Waals surface area (Å²) < 4.78 is 0. The molecule has 0 aliphatic carbocycles. The maximum atomic E-state index is 12.6.